The first kappa shape index (κ1) is 16.7. The van der Waals surface area contributed by atoms with Crippen molar-refractivity contribution in [2.45, 2.75) is 0 Å². The molecular formula is C2H6N2NaO4S+. The minimum atomic E-state index is -4.67. The summed E-state index contributed by atoms with van der Waals surface area (Å²) in [5.74, 6) is 0. The summed E-state index contributed by atoms with van der Waals surface area (Å²) in [7, 11) is -4.67. The van der Waals surface area contributed by atoms with Gasteiger partial charge in [0, 0.05) is 0 Å². The number of rotatable bonds is 0. The molecule has 10 heavy (non-hydrogen) atoms. The van der Waals surface area contributed by atoms with Crippen LogP contribution >= 0.6 is 0 Å². The Kier molecular flexibility index (Phi) is 15.6. The van der Waals surface area contributed by atoms with Gasteiger partial charge in [-0.25, -0.2) is 0 Å². The van der Waals surface area contributed by atoms with Crippen molar-refractivity contribution < 1.29 is 47.1 Å². The smallest absolute Gasteiger partial charge is 0.318 e. The Balaban J connectivity index is -0.0000000910. The second kappa shape index (κ2) is 9.32. The Labute approximate surface area is 80.9 Å². The first-order valence-corrected chi connectivity index (χ1v) is 3.08. The molecule has 0 aliphatic rings. The summed E-state index contributed by atoms with van der Waals surface area (Å²) in [6, 6.07) is 1.71. The van der Waals surface area contributed by atoms with Crippen molar-refractivity contribution in [1.29, 1.82) is 5.26 Å². The molecule has 0 aromatic carbocycles. The molecule has 0 unspecified atom stereocenters. The van der Waals surface area contributed by atoms with Crippen molar-refractivity contribution in [2.24, 2.45) is 5.73 Å². The Hall–Kier alpha value is 0.320. The summed E-state index contributed by atoms with van der Waals surface area (Å²) < 4.78 is 31.6. The van der Waals surface area contributed by atoms with Crippen LogP contribution in [0.2, 0.25) is 0 Å². The van der Waals surface area contributed by atoms with Crippen LogP contribution in [-0.2, 0) is 10.4 Å². The van der Waals surface area contributed by atoms with E-state index < -0.39 is 10.4 Å². The predicted molar refractivity (Wildman–Crippen MR) is 28.8 cm³/mol. The molecule has 0 aliphatic carbocycles. The van der Waals surface area contributed by atoms with Gasteiger partial charge >= 0.3 is 40.0 Å². The summed E-state index contributed by atoms with van der Waals surface area (Å²) >= 11 is 0. The van der Waals surface area contributed by atoms with E-state index in [0.717, 1.165) is 0 Å². The van der Waals surface area contributed by atoms with Crippen LogP contribution in [0.1, 0.15) is 0 Å². The molecule has 0 spiro atoms. The summed E-state index contributed by atoms with van der Waals surface area (Å²) in [5, 5.41) is 7.50. The molecule has 0 saturated carbocycles. The van der Waals surface area contributed by atoms with E-state index in [1.165, 1.54) is 0 Å². The van der Waals surface area contributed by atoms with Gasteiger partial charge in [-0.2, -0.15) is 13.7 Å². The van der Waals surface area contributed by atoms with Crippen LogP contribution in [0.4, 0.5) is 0 Å². The molecular weight excluding hydrogens is 171 g/mol. The summed E-state index contributed by atoms with van der Waals surface area (Å²) in [5.41, 5.74) is 4.67. The van der Waals surface area contributed by atoms with E-state index in [2.05, 4.69) is 5.73 Å². The van der Waals surface area contributed by atoms with Gasteiger partial charge in [0.1, 0.15) is 0 Å². The van der Waals surface area contributed by atoms with Gasteiger partial charge < -0.3 is 5.73 Å². The molecule has 0 saturated heterocycles. The SMILES string of the molecule is N#CCN.O=S(=O)(O)O.[Na+]. The van der Waals surface area contributed by atoms with Crippen molar-refractivity contribution in [3.63, 3.8) is 0 Å². The Bertz CT molecular complexity index is 174. The van der Waals surface area contributed by atoms with E-state index >= 15 is 0 Å². The van der Waals surface area contributed by atoms with Crippen LogP contribution in [0.3, 0.4) is 0 Å². The molecule has 4 N–H and O–H groups in total. The zero-order valence-electron chi connectivity index (χ0n) is 5.35. The van der Waals surface area contributed by atoms with Gasteiger partial charge in [-0.3, -0.25) is 9.11 Å². The van der Waals surface area contributed by atoms with E-state index in [1.54, 1.807) is 6.07 Å². The van der Waals surface area contributed by atoms with E-state index in [1.807, 2.05) is 0 Å². The molecule has 0 aromatic heterocycles. The Morgan fingerprint density at radius 1 is 1.50 bits per heavy atom. The molecule has 8 heteroatoms. The number of nitriles is 1. The zero-order chi connectivity index (χ0) is 7.91. The fourth-order valence-corrected chi connectivity index (χ4v) is 0. The van der Waals surface area contributed by atoms with E-state index in [9.17, 15) is 0 Å². The molecule has 0 fully saturated rings. The van der Waals surface area contributed by atoms with E-state index in [4.69, 9.17) is 22.8 Å². The molecule has 0 bridgehead atoms. The average molecular weight is 177 g/mol. The third kappa shape index (κ3) is 256. The van der Waals surface area contributed by atoms with Gasteiger partial charge in [0.05, 0.1) is 12.6 Å². The fraction of sp³-hybridized carbons (Fsp3) is 0.500. The maximum Gasteiger partial charge on any atom is 1.00 e. The molecule has 54 valence electrons. The molecule has 0 aromatic rings. The van der Waals surface area contributed by atoms with Crippen LogP contribution in [-0.4, -0.2) is 24.1 Å². The van der Waals surface area contributed by atoms with Gasteiger partial charge in [0.2, 0.25) is 0 Å². The standard InChI is InChI=1S/C2H4N2.Na.H2O4S/c3-1-2-4;;1-5(2,3)4/h1,3H2;;(H2,1,2,3,4)/q;+1;. The minimum absolute atomic E-state index is 0. The molecule has 0 amide bonds. The van der Waals surface area contributed by atoms with Gasteiger partial charge in [-0.05, 0) is 0 Å². The van der Waals surface area contributed by atoms with Gasteiger partial charge in [-0.15, -0.1) is 0 Å². The van der Waals surface area contributed by atoms with Gasteiger partial charge in [0.25, 0.3) is 0 Å². The first-order chi connectivity index (χ1) is 3.91. The van der Waals surface area contributed by atoms with Crippen molar-refractivity contribution in [2.75, 3.05) is 6.54 Å². The minimum Gasteiger partial charge on any atom is -0.318 e. The summed E-state index contributed by atoms with van der Waals surface area (Å²) in [4.78, 5) is 0. The molecule has 0 radical (unpaired) electrons. The predicted octanol–water partition coefficient (Wildman–Crippen LogP) is -4.18. The topological polar surface area (TPSA) is 124 Å². The number of hydrogen-bond donors (Lipinski definition) is 3. The zero-order valence-corrected chi connectivity index (χ0v) is 8.17. The normalized spacial score (nSPS) is 7.80. The summed E-state index contributed by atoms with van der Waals surface area (Å²) in [6.07, 6.45) is 0. The van der Waals surface area contributed by atoms with Crippen LogP contribution in [0.15, 0.2) is 0 Å². The van der Waals surface area contributed by atoms with Crippen molar-refractivity contribution in [3.8, 4) is 6.07 Å². The second-order valence-corrected chi connectivity index (χ2v) is 1.71. The number of hydrogen-bond acceptors (Lipinski definition) is 4. The van der Waals surface area contributed by atoms with Crippen LogP contribution in [0, 0.1) is 11.3 Å². The molecule has 0 atom stereocenters. The van der Waals surface area contributed by atoms with Crippen LogP contribution < -0.4 is 35.3 Å². The van der Waals surface area contributed by atoms with E-state index in [0.29, 0.717) is 0 Å². The molecule has 0 rings (SSSR count). The maximum atomic E-state index is 8.74. The third-order valence-corrected chi connectivity index (χ3v) is 0.0913. The van der Waals surface area contributed by atoms with E-state index in [-0.39, 0.29) is 36.1 Å². The average Bonchev–Trinajstić information content (AvgIpc) is 1.61. The molecule has 6 nitrogen and oxygen atoms in total. The van der Waals surface area contributed by atoms with Crippen molar-refractivity contribution in [3.05, 3.63) is 0 Å². The van der Waals surface area contributed by atoms with Crippen LogP contribution in [0.5, 0.6) is 0 Å². The third-order valence-electron chi connectivity index (χ3n) is 0.0913. The molecule has 0 aliphatic heterocycles. The van der Waals surface area contributed by atoms with Gasteiger partial charge in [-0.1, -0.05) is 0 Å². The van der Waals surface area contributed by atoms with Crippen molar-refractivity contribution >= 4 is 10.4 Å². The van der Waals surface area contributed by atoms with Crippen molar-refractivity contribution in [1.82, 2.24) is 0 Å². The first-order valence-electron chi connectivity index (χ1n) is 1.68. The second-order valence-electron chi connectivity index (χ2n) is 0.810. The number of nitrogens with two attached hydrogens (primary N) is 1. The Morgan fingerprint density at radius 3 is 1.60 bits per heavy atom. The maximum absolute atomic E-state index is 8.74. The Morgan fingerprint density at radius 2 is 1.60 bits per heavy atom. The molecule has 0 heterocycles. The van der Waals surface area contributed by atoms with Gasteiger partial charge in [0.15, 0.2) is 0 Å². The summed E-state index contributed by atoms with van der Waals surface area (Å²) in [6.45, 7) is 0.125. The fourth-order valence-electron chi connectivity index (χ4n) is 0. The number of nitrogens with zero attached hydrogens (tertiary/aromatic N) is 1. The van der Waals surface area contributed by atoms with Crippen LogP contribution in [0.25, 0.3) is 0 Å². The largest absolute Gasteiger partial charge is 1.00 e. The quantitative estimate of drug-likeness (QED) is 0.196. The monoisotopic (exact) mass is 177 g/mol.